The van der Waals surface area contributed by atoms with Crippen molar-refractivity contribution in [3.05, 3.63) is 83.9 Å². The summed E-state index contributed by atoms with van der Waals surface area (Å²) in [5, 5.41) is 12.2. The molecule has 1 heterocycles. The Morgan fingerprint density at radius 3 is 2.24 bits per heavy atom. The van der Waals surface area contributed by atoms with Gasteiger partial charge in [-0.25, -0.2) is 4.79 Å². The minimum Gasteiger partial charge on any atom is -0.481 e. The summed E-state index contributed by atoms with van der Waals surface area (Å²) in [6.07, 6.45) is 0.328. The maximum atomic E-state index is 12.4. The van der Waals surface area contributed by atoms with Gasteiger partial charge in [0.25, 0.3) is 0 Å². The molecule has 5 nitrogen and oxygen atoms in total. The Bertz CT molecular complexity index is 1020. The SMILES string of the molecule is O=C(OCc1ccccc1)N1CCC(C(=O)O)(c2ccc3ccccc3c2)CC1. The van der Waals surface area contributed by atoms with Crippen molar-refractivity contribution in [3.63, 3.8) is 0 Å². The maximum Gasteiger partial charge on any atom is 0.410 e. The van der Waals surface area contributed by atoms with Crippen molar-refractivity contribution in [2.45, 2.75) is 24.9 Å². The maximum absolute atomic E-state index is 12.4. The van der Waals surface area contributed by atoms with Crippen LogP contribution in [0.5, 0.6) is 0 Å². The second-order valence-corrected chi connectivity index (χ2v) is 7.48. The van der Waals surface area contributed by atoms with Gasteiger partial charge in [0.05, 0.1) is 5.41 Å². The molecule has 0 bridgehead atoms. The summed E-state index contributed by atoms with van der Waals surface area (Å²) in [6.45, 7) is 0.921. The van der Waals surface area contributed by atoms with Crippen molar-refractivity contribution in [3.8, 4) is 0 Å². The summed E-state index contributed by atoms with van der Waals surface area (Å²) in [4.78, 5) is 26.3. The zero-order valence-electron chi connectivity index (χ0n) is 16.1. The number of nitrogens with zero attached hydrogens (tertiary/aromatic N) is 1. The van der Waals surface area contributed by atoms with Crippen LogP contribution in [0.15, 0.2) is 72.8 Å². The van der Waals surface area contributed by atoms with Gasteiger partial charge >= 0.3 is 12.1 Å². The van der Waals surface area contributed by atoms with E-state index in [4.69, 9.17) is 4.74 Å². The first-order valence-electron chi connectivity index (χ1n) is 9.77. The second kappa shape index (κ2) is 7.95. The standard InChI is InChI=1S/C24H23NO4/c26-22(27)24(21-11-10-19-8-4-5-9-20(19)16-21)12-14-25(15-13-24)23(28)29-17-18-6-2-1-3-7-18/h1-11,16H,12-15,17H2,(H,26,27). The van der Waals surface area contributed by atoms with Crippen LogP contribution in [-0.4, -0.2) is 35.2 Å². The number of rotatable bonds is 4. The number of carboxylic acids is 1. The molecule has 0 aliphatic carbocycles. The molecule has 1 amide bonds. The monoisotopic (exact) mass is 389 g/mol. The Labute approximate surface area is 169 Å². The van der Waals surface area contributed by atoms with Gasteiger partial charge in [-0.15, -0.1) is 0 Å². The van der Waals surface area contributed by atoms with Crippen LogP contribution in [0, 0.1) is 0 Å². The zero-order valence-corrected chi connectivity index (χ0v) is 16.1. The van der Waals surface area contributed by atoms with Gasteiger partial charge in [-0.2, -0.15) is 0 Å². The molecular formula is C24H23NO4. The Morgan fingerprint density at radius 1 is 0.897 bits per heavy atom. The van der Waals surface area contributed by atoms with Crippen LogP contribution in [0.4, 0.5) is 4.79 Å². The largest absolute Gasteiger partial charge is 0.481 e. The molecule has 1 saturated heterocycles. The summed E-state index contributed by atoms with van der Waals surface area (Å²) in [5.41, 5.74) is 0.732. The highest BCUT2D eigenvalue weighted by atomic mass is 16.6. The molecule has 29 heavy (non-hydrogen) atoms. The number of aliphatic carboxylic acids is 1. The van der Waals surface area contributed by atoms with Crippen LogP contribution < -0.4 is 0 Å². The molecule has 3 aromatic carbocycles. The van der Waals surface area contributed by atoms with E-state index in [1.54, 1.807) is 4.90 Å². The van der Waals surface area contributed by atoms with Gasteiger partial charge in [0.2, 0.25) is 0 Å². The van der Waals surface area contributed by atoms with Crippen LogP contribution in [0.2, 0.25) is 0 Å². The number of likely N-dealkylation sites (tertiary alicyclic amines) is 1. The fourth-order valence-electron chi connectivity index (χ4n) is 3.99. The van der Waals surface area contributed by atoms with Gasteiger partial charge in [-0.3, -0.25) is 4.79 Å². The highest BCUT2D eigenvalue weighted by molar-refractivity contribution is 5.87. The number of carbonyl (C=O) groups is 2. The first-order valence-corrected chi connectivity index (χ1v) is 9.77. The van der Waals surface area contributed by atoms with E-state index in [-0.39, 0.29) is 6.61 Å². The lowest BCUT2D eigenvalue weighted by atomic mass is 9.72. The fourth-order valence-corrected chi connectivity index (χ4v) is 3.99. The number of benzene rings is 3. The quantitative estimate of drug-likeness (QED) is 0.708. The van der Waals surface area contributed by atoms with E-state index >= 15 is 0 Å². The van der Waals surface area contributed by atoms with Gasteiger partial charge in [0.15, 0.2) is 0 Å². The number of amides is 1. The topological polar surface area (TPSA) is 66.8 Å². The molecule has 1 fully saturated rings. The first-order chi connectivity index (χ1) is 14.1. The minimum atomic E-state index is -0.986. The Hall–Kier alpha value is -3.34. The van der Waals surface area contributed by atoms with E-state index in [1.807, 2.05) is 72.8 Å². The normalized spacial score (nSPS) is 15.8. The number of piperidine rings is 1. The highest BCUT2D eigenvalue weighted by Crippen LogP contribution is 2.37. The van der Waals surface area contributed by atoms with Crippen molar-refractivity contribution >= 4 is 22.8 Å². The lowest BCUT2D eigenvalue weighted by Crippen LogP contribution is -2.49. The summed E-state index contributed by atoms with van der Waals surface area (Å²) in [6, 6.07) is 23.3. The first kappa shape index (κ1) is 19.0. The van der Waals surface area contributed by atoms with Crippen molar-refractivity contribution in [2.24, 2.45) is 0 Å². The van der Waals surface area contributed by atoms with E-state index < -0.39 is 17.5 Å². The van der Waals surface area contributed by atoms with E-state index in [2.05, 4.69) is 0 Å². The summed E-state index contributed by atoms with van der Waals surface area (Å²) >= 11 is 0. The number of hydrogen-bond donors (Lipinski definition) is 1. The number of fused-ring (bicyclic) bond motifs is 1. The molecule has 148 valence electrons. The molecule has 0 radical (unpaired) electrons. The number of ether oxygens (including phenoxy) is 1. The average molecular weight is 389 g/mol. The van der Waals surface area contributed by atoms with Gasteiger partial charge in [0.1, 0.15) is 6.61 Å². The molecule has 3 aromatic rings. The van der Waals surface area contributed by atoms with Gasteiger partial charge in [-0.05, 0) is 34.7 Å². The lowest BCUT2D eigenvalue weighted by molar-refractivity contribution is -0.145. The third-order valence-electron chi connectivity index (χ3n) is 5.79. The lowest BCUT2D eigenvalue weighted by Gasteiger charge is -2.38. The zero-order chi connectivity index (χ0) is 20.3. The van der Waals surface area contributed by atoms with E-state index in [0.29, 0.717) is 25.9 Å². The second-order valence-electron chi connectivity index (χ2n) is 7.48. The van der Waals surface area contributed by atoms with Crippen molar-refractivity contribution in [1.29, 1.82) is 0 Å². The number of carbonyl (C=O) groups excluding carboxylic acids is 1. The molecule has 0 spiro atoms. The molecule has 5 heteroatoms. The Balaban J connectivity index is 1.47. The predicted molar refractivity (Wildman–Crippen MR) is 111 cm³/mol. The molecule has 1 N–H and O–H groups in total. The third-order valence-corrected chi connectivity index (χ3v) is 5.79. The molecule has 0 atom stereocenters. The Morgan fingerprint density at radius 2 is 1.55 bits per heavy atom. The van der Waals surface area contributed by atoms with E-state index in [0.717, 1.165) is 21.9 Å². The molecule has 1 aliphatic rings. The van der Waals surface area contributed by atoms with Gasteiger partial charge < -0.3 is 14.7 Å². The van der Waals surface area contributed by atoms with Crippen LogP contribution in [0.3, 0.4) is 0 Å². The molecular weight excluding hydrogens is 366 g/mol. The van der Waals surface area contributed by atoms with Gasteiger partial charge in [-0.1, -0.05) is 72.8 Å². The van der Waals surface area contributed by atoms with Crippen molar-refractivity contribution in [1.82, 2.24) is 4.90 Å². The molecule has 0 saturated carbocycles. The third kappa shape index (κ3) is 3.81. The summed E-state index contributed by atoms with van der Waals surface area (Å²) in [5.74, 6) is -0.843. The van der Waals surface area contributed by atoms with Gasteiger partial charge in [0, 0.05) is 13.1 Å². The minimum absolute atomic E-state index is 0.213. The molecule has 0 aromatic heterocycles. The molecule has 4 rings (SSSR count). The van der Waals surface area contributed by atoms with Crippen LogP contribution >= 0.6 is 0 Å². The predicted octanol–water partition coefficient (Wildman–Crippen LogP) is 4.59. The number of carboxylic acid groups (broad SMARTS) is 1. The smallest absolute Gasteiger partial charge is 0.410 e. The summed E-state index contributed by atoms with van der Waals surface area (Å²) < 4.78 is 5.40. The Kier molecular flexibility index (Phi) is 5.21. The molecule has 1 aliphatic heterocycles. The van der Waals surface area contributed by atoms with Crippen molar-refractivity contribution in [2.75, 3.05) is 13.1 Å². The van der Waals surface area contributed by atoms with E-state index in [1.165, 1.54) is 0 Å². The van der Waals surface area contributed by atoms with Crippen molar-refractivity contribution < 1.29 is 19.4 Å². The van der Waals surface area contributed by atoms with Crippen LogP contribution in [0.25, 0.3) is 10.8 Å². The van der Waals surface area contributed by atoms with Crippen LogP contribution in [0.1, 0.15) is 24.0 Å². The summed E-state index contributed by atoms with van der Waals surface area (Å²) in [7, 11) is 0. The fraction of sp³-hybridized carbons (Fsp3) is 0.250. The van der Waals surface area contributed by atoms with E-state index in [9.17, 15) is 14.7 Å². The average Bonchev–Trinajstić information content (AvgIpc) is 2.77. The number of hydrogen-bond acceptors (Lipinski definition) is 3. The van der Waals surface area contributed by atoms with Crippen LogP contribution in [-0.2, 0) is 21.6 Å². The molecule has 0 unspecified atom stereocenters. The highest BCUT2D eigenvalue weighted by Gasteiger charge is 2.44.